The lowest BCUT2D eigenvalue weighted by Gasteiger charge is -2.05. The van der Waals surface area contributed by atoms with Gasteiger partial charge in [0, 0.05) is 11.4 Å². The summed E-state index contributed by atoms with van der Waals surface area (Å²) in [5.74, 6) is -0.186. The third kappa shape index (κ3) is 3.30. The first-order valence-corrected chi connectivity index (χ1v) is 10.3. The molecule has 0 fully saturated rings. The highest BCUT2D eigenvalue weighted by Crippen LogP contribution is 2.27. The zero-order valence-electron chi connectivity index (χ0n) is 16.9. The van der Waals surface area contributed by atoms with E-state index >= 15 is 0 Å². The fourth-order valence-corrected chi connectivity index (χ4v) is 4.11. The number of para-hydroxylation sites is 2. The topological polar surface area (TPSA) is 64.7 Å². The molecule has 6 heteroatoms. The molecule has 5 rings (SSSR count). The van der Waals surface area contributed by atoms with Crippen molar-refractivity contribution in [2.75, 3.05) is 0 Å². The number of carbonyl (C=O) groups excluding carboxylic acids is 1. The number of nitrogens with one attached hydrogen (secondary N) is 1. The van der Waals surface area contributed by atoms with Gasteiger partial charge in [-0.2, -0.15) is 10.2 Å². The van der Waals surface area contributed by atoms with Gasteiger partial charge in [0.15, 0.2) is 5.69 Å². The van der Waals surface area contributed by atoms with E-state index < -0.39 is 0 Å². The first-order valence-electron chi connectivity index (χ1n) is 10.3. The molecule has 2 aromatic carbocycles. The molecule has 1 amide bonds. The Labute approximate surface area is 175 Å². The summed E-state index contributed by atoms with van der Waals surface area (Å²) in [5.41, 5.74) is 6.80. The largest absolute Gasteiger partial charge is 0.345 e. The summed E-state index contributed by atoms with van der Waals surface area (Å²) >= 11 is 0. The van der Waals surface area contributed by atoms with Crippen LogP contribution in [0.4, 0.5) is 0 Å². The van der Waals surface area contributed by atoms with Gasteiger partial charge in [-0.15, -0.1) is 0 Å². The third-order valence-corrected chi connectivity index (χ3v) is 5.55. The maximum Gasteiger partial charge on any atom is 0.272 e. The van der Waals surface area contributed by atoms with E-state index in [0.717, 1.165) is 42.0 Å². The van der Waals surface area contributed by atoms with Crippen molar-refractivity contribution in [3.8, 4) is 11.4 Å². The molecule has 0 unspecified atom stereocenters. The summed E-state index contributed by atoms with van der Waals surface area (Å²) in [6, 6.07) is 21.8. The van der Waals surface area contributed by atoms with Gasteiger partial charge in [-0.05, 0) is 62.1 Å². The molecule has 0 aliphatic heterocycles. The van der Waals surface area contributed by atoms with Crippen LogP contribution in [-0.2, 0) is 19.4 Å². The molecular formula is C24H23N5O. The zero-order chi connectivity index (χ0) is 20.5. The van der Waals surface area contributed by atoms with Gasteiger partial charge in [-0.3, -0.25) is 4.79 Å². The van der Waals surface area contributed by atoms with Gasteiger partial charge in [-0.1, -0.05) is 36.4 Å². The molecule has 4 aromatic rings. The minimum absolute atomic E-state index is 0.186. The first kappa shape index (κ1) is 18.4. The van der Waals surface area contributed by atoms with Crippen LogP contribution in [0.1, 0.15) is 39.6 Å². The second kappa shape index (κ2) is 7.63. The Morgan fingerprint density at radius 1 is 0.933 bits per heavy atom. The van der Waals surface area contributed by atoms with E-state index in [1.165, 1.54) is 11.3 Å². The first-order chi connectivity index (χ1) is 14.7. The molecular weight excluding hydrogens is 374 g/mol. The van der Waals surface area contributed by atoms with Gasteiger partial charge >= 0.3 is 0 Å². The number of hydrogen-bond donors (Lipinski definition) is 1. The Balaban J connectivity index is 1.36. The molecule has 6 nitrogen and oxygen atoms in total. The highest BCUT2D eigenvalue weighted by Gasteiger charge is 2.23. The van der Waals surface area contributed by atoms with Crippen LogP contribution in [0.5, 0.6) is 0 Å². The summed E-state index contributed by atoms with van der Waals surface area (Å²) in [6.45, 7) is 2.35. The molecule has 1 N–H and O–H groups in total. The third-order valence-electron chi connectivity index (χ3n) is 5.55. The quantitative estimate of drug-likeness (QED) is 0.557. The van der Waals surface area contributed by atoms with Crippen molar-refractivity contribution >= 4 is 5.91 Å². The normalized spacial score (nSPS) is 12.7. The molecule has 0 saturated heterocycles. The van der Waals surface area contributed by atoms with Crippen LogP contribution in [0.2, 0.25) is 0 Å². The van der Waals surface area contributed by atoms with Crippen LogP contribution in [0, 0.1) is 6.92 Å². The van der Waals surface area contributed by atoms with Crippen LogP contribution >= 0.6 is 0 Å². The van der Waals surface area contributed by atoms with Gasteiger partial charge in [0.2, 0.25) is 0 Å². The average Bonchev–Trinajstić information content (AvgIpc) is 3.49. The van der Waals surface area contributed by atoms with Crippen molar-refractivity contribution < 1.29 is 4.79 Å². The SMILES string of the molecule is Cc1cc(C(=O)NCc2nn(-c3ccccc3)c3c2CCC3)nn1-c1ccccc1. The lowest BCUT2D eigenvalue weighted by Crippen LogP contribution is -2.24. The predicted molar refractivity (Wildman–Crippen MR) is 115 cm³/mol. The smallest absolute Gasteiger partial charge is 0.272 e. The van der Waals surface area contributed by atoms with E-state index in [1.54, 1.807) is 4.68 Å². The lowest BCUT2D eigenvalue weighted by molar-refractivity contribution is 0.0945. The molecule has 0 atom stereocenters. The summed E-state index contributed by atoms with van der Waals surface area (Å²) < 4.78 is 3.81. The van der Waals surface area contributed by atoms with E-state index in [2.05, 4.69) is 22.5 Å². The van der Waals surface area contributed by atoms with Gasteiger partial charge in [0.1, 0.15) is 0 Å². The molecule has 2 heterocycles. The van der Waals surface area contributed by atoms with E-state index in [-0.39, 0.29) is 5.91 Å². The van der Waals surface area contributed by atoms with Crippen molar-refractivity contribution in [1.82, 2.24) is 24.9 Å². The van der Waals surface area contributed by atoms with Crippen LogP contribution in [-0.4, -0.2) is 25.5 Å². The fourth-order valence-electron chi connectivity index (χ4n) is 4.11. The van der Waals surface area contributed by atoms with Crippen LogP contribution in [0.25, 0.3) is 11.4 Å². The van der Waals surface area contributed by atoms with Crippen molar-refractivity contribution in [3.05, 3.63) is 95.1 Å². The maximum absolute atomic E-state index is 12.8. The van der Waals surface area contributed by atoms with Crippen LogP contribution < -0.4 is 5.32 Å². The van der Waals surface area contributed by atoms with Crippen molar-refractivity contribution in [2.45, 2.75) is 32.7 Å². The standard InChI is InChI=1S/C24H23N5O/c1-17-15-21(26-28(17)18-9-4-2-5-10-18)24(30)25-16-22-20-13-8-14-23(20)29(27-22)19-11-6-3-7-12-19/h2-7,9-12,15H,8,13-14,16H2,1H3,(H,25,30). The van der Waals surface area contributed by atoms with Gasteiger partial charge in [0.05, 0.1) is 23.6 Å². The van der Waals surface area contributed by atoms with E-state index in [4.69, 9.17) is 5.10 Å². The molecule has 30 heavy (non-hydrogen) atoms. The van der Waals surface area contributed by atoms with Gasteiger partial charge < -0.3 is 5.32 Å². The molecule has 0 spiro atoms. The minimum atomic E-state index is -0.186. The Bertz CT molecular complexity index is 1190. The Hall–Kier alpha value is -3.67. The Morgan fingerprint density at radius 2 is 1.60 bits per heavy atom. The predicted octanol–water partition coefficient (Wildman–Crippen LogP) is 3.79. The summed E-state index contributed by atoms with van der Waals surface area (Å²) in [5, 5.41) is 12.3. The number of hydrogen-bond acceptors (Lipinski definition) is 3. The number of aryl methyl sites for hydroxylation is 1. The highest BCUT2D eigenvalue weighted by atomic mass is 16.1. The van der Waals surface area contributed by atoms with Crippen molar-refractivity contribution in [3.63, 3.8) is 0 Å². The average molecular weight is 397 g/mol. The van der Waals surface area contributed by atoms with E-state index in [1.807, 2.05) is 66.2 Å². The lowest BCUT2D eigenvalue weighted by atomic mass is 10.2. The Morgan fingerprint density at radius 3 is 2.30 bits per heavy atom. The van der Waals surface area contributed by atoms with Crippen molar-refractivity contribution in [2.24, 2.45) is 0 Å². The molecule has 1 aliphatic rings. The van der Waals surface area contributed by atoms with Gasteiger partial charge in [0.25, 0.3) is 5.91 Å². The number of rotatable bonds is 5. The van der Waals surface area contributed by atoms with Crippen molar-refractivity contribution in [1.29, 1.82) is 0 Å². The number of fused-ring (bicyclic) bond motifs is 1. The molecule has 0 radical (unpaired) electrons. The zero-order valence-corrected chi connectivity index (χ0v) is 16.9. The number of aromatic nitrogens is 4. The minimum Gasteiger partial charge on any atom is -0.345 e. The number of benzene rings is 2. The summed E-state index contributed by atoms with van der Waals surface area (Å²) in [7, 11) is 0. The second-order valence-electron chi connectivity index (χ2n) is 7.57. The molecule has 2 aromatic heterocycles. The van der Waals surface area contributed by atoms with Crippen LogP contribution in [0.3, 0.4) is 0 Å². The Kier molecular flexibility index (Phi) is 4.67. The van der Waals surface area contributed by atoms with E-state index in [0.29, 0.717) is 12.2 Å². The molecule has 0 bridgehead atoms. The van der Waals surface area contributed by atoms with Crippen LogP contribution in [0.15, 0.2) is 66.7 Å². The number of amides is 1. The van der Waals surface area contributed by atoms with Gasteiger partial charge in [-0.25, -0.2) is 9.36 Å². The molecule has 1 aliphatic carbocycles. The van der Waals surface area contributed by atoms with E-state index in [9.17, 15) is 4.79 Å². The monoisotopic (exact) mass is 397 g/mol. The highest BCUT2D eigenvalue weighted by molar-refractivity contribution is 5.92. The fraction of sp³-hybridized carbons (Fsp3) is 0.208. The number of nitrogens with zero attached hydrogens (tertiary/aromatic N) is 4. The molecule has 0 saturated carbocycles. The summed E-state index contributed by atoms with van der Waals surface area (Å²) in [6.07, 6.45) is 3.16. The molecule has 150 valence electrons. The number of carbonyl (C=O) groups is 1. The second-order valence-corrected chi connectivity index (χ2v) is 7.57. The maximum atomic E-state index is 12.8. The summed E-state index contributed by atoms with van der Waals surface area (Å²) in [4.78, 5) is 12.8.